The number of rotatable bonds is 0. The van der Waals surface area contributed by atoms with Gasteiger partial charge in [0.1, 0.15) is 5.75 Å². The molecule has 0 amide bonds. The Labute approximate surface area is 76.5 Å². The zero-order chi connectivity index (χ0) is 9.05. The number of Topliss-reactive ketones (excluding diaryl/α,β-unsaturated/α-hetero) is 1. The lowest BCUT2D eigenvalue weighted by atomic mass is 9.64. The Balaban J connectivity index is 2.17. The van der Waals surface area contributed by atoms with E-state index in [4.69, 9.17) is 4.74 Å². The van der Waals surface area contributed by atoms with E-state index in [9.17, 15) is 4.79 Å². The minimum Gasteiger partial charge on any atom is -0.481 e. The molecule has 1 heterocycles. The summed E-state index contributed by atoms with van der Waals surface area (Å²) in [5.74, 6) is 1.12. The van der Waals surface area contributed by atoms with Crippen molar-refractivity contribution in [1.29, 1.82) is 0 Å². The van der Waals surface area contributed by atoms with Gasteiger partial charge in [0.2, 0.25) is 0 Å². The molecule has 2 unspecified atom stereocenters. The standard InChI is InChI=1S/C11H10O2/c1-11-6-8(12)10(11)13-9-5-3-2-4-7(9)11/h2-5,10H,6H2,1H3. The van der Waals surface area contributed by atoms with Crippen molar-refractivity contribution in [2.45, 2.75) is 24.9 Å². The molecule has 0 bridgehead atoms. The van der Waals surface area contributed by atoms with E-state index < -0.39 is 0 Å². The zero-order valence-electron chi connectivity index (χ0n) is 7.41. The molecular formula is C11H10O2. The van der Waals surface area contributed by atoms with Gasteiger partial charge in [-0.05, 0) is 6.07 Å². The fourth-order valence-electron chi connectivity index (χ4n) is 2.37. The molecule has 2 nitrogen and oxygen atoms in total. The molecule has 1 aromatic rings. The smallest absolute Gasteiger partial charge is 0.175 e. The van der Waals surface area contributed by atoms with Gasteiger partial charge in [-0.3, -0.25) is 4.79 Å². The molecule has 0 aromatic heterocycles. The van der Waals surface area contributed by atoms with Crippen molar-refractivity contribution in [2.24, 2.45) is 0 Å². The molecule has 13 heavy (non-hydrogen) atoms. The molecule has 1 aromatic carbocycles. The average Bonchev–Trinajstić information content (AvgIpc) is 2.36. The number of para-hydroxylation sites is 1. The van der Waals surface area contributed by atoms with E-state index in [1.807, 2.05) is 18.2 Å². The molecule has 2 aliphatic rings. The van der Waals surface area contributed by atoms with Gasteiger partial charge in [0.05, 0.1) is 0 Å². The Morgan fingerprint density at radius 2 is 2.23 bits per heavy atom. The first kappa shape index (κ1) is 7.13. The number of hydrogen-bond donors (Lipinski definition) is 0. The van der Waals surface area contributed by atoms with Gasteiger partial charge in [-0.25, -0.2) is 0 Å². The van der Waals surface area contributed by atoms with E-state index in [0.717, 1.165) is 5.75 Å². The highest BCUT2D eigenvalue weighted by Gasteiger charge is 2.58. The number of benzene rings is 1. The Bertz CT molecular complexity index is 397. The van der Waals surface area contributed by atoms with Crippen LogP contribution in [0.1, 0.15) is 18.9 Å². The molecule has 2 atom stereocenters. The van der Waals surface area contributed by atoms with E-state index in [1.54, 1.807) is 0 Å². The maximum atomic E-state index is 11.3. The normalized spacial score (nSPS) is 34.5. The van der Waals surface area contributed by atoms with Crippen LogP contribution in [-0.2, 0) is 10.2 Å². The van der Waals surface area contributed by atoms with Crippen LogP contribution in [0.5, 0.6) is 5.75 Å². The van der Waals surface area contributed by atoms with Gasteiger partial charge in [-0.1, -0.05) is 25.1 Å². The molecule has 0 N–H and O–H groups in total. The summed E-state index contributed by atoms with van der Waals surface area (Å²) in [4.78, 5) is 11.3. The van der Waals surface area contributed by atoms with Crippen molar-refractivity contribution in [3.63, 3.8) is 0 Å². The molecule has 3 rings (SSSR count). The summed E-state index contributed by atoms with van der Waals surface area (Å²) in [5, 5.41) is 0. The van der Waals surface area contributed by atoms with Gasteiger partial charge in [-0.15, -0.1) is 0 Å². The van der Waals surface area contributed by atoms with E-state index in [2.05, 4.69) is 13.0 Å². The minimum absolute atomic E-state index is 0.0341. The molecule has 1 fully saturated rings. The molecule has 0 radical (unpaired) electrons. The van der Waals surface area contributed by atoms with Crippen LogP contribution in [0.3, 0.4) is 0 Å². The number of carbonyl (C=O) groups is 1. The molecule has 1 saturated carbocycles. The molecule has 66 valence electrons. The molecule has 2 heteroatoms. The van der Waals surface area contributed by atoms with Crippen molar-refractivity contribution in [3.8, 4) is 5.75 Å². The van der Waals surface area contributed by atoms with Crippen molar-refractivity contribution in [2.75, 3.05) is 0 Å². The first-order valence-electron chi connectivity index (χ1n) is 4.51. The Hall–Kier alpha value is -1.31. The van der Waals surface area contributed by atoms with Crippen LogP contribution in [0.2, 0.25) is 0 Å². The third-order valence-corrected chi connectivity index (χ3v) is 3.16. The minimum atomic E-state index is -0.204. The van der Waals surface area contributed by atoms with E-state index >= 15 is 0 Å². The maximum Gasteiger partial charge on any atom is 0.175 e. The Morgan fingerprint density at radius 1 is 1.46 bits per heavy atom. The summed E-state index contributed by atoms with van der Waals surface area (Å²) in [7, 11) is 0. The lowest BCUT2D eigenvalue weighted by Gasteiger charge is -2.38. The van der Waals surface area contributed by atoms with Crippen LogP contribution >= 0.6 is 0 Å². The van der Waals surface area contributed by atoms with Crippen LogP contribution in [0.25, 0.3) is 0 Å². The average molecular weight is 174 g/mol. The lowest BCUT2D eigenvalue weighted by molar-refractivity contribution is -0.138. The quantitative estimate of drug-likeness (QED) is 0.598. The fourth-order valence-corrected chi connectivity index (χ4v) is 2.37. The van der Waals surface area contributed by atoms with Crippen LogP contribution < -0.4 is 4.74 Å². The second-order valence-corrected chi connectivity index (χ2v) is 4.05. The predicted molar refractivity (Wildman–Crippen MR) is 47.8 cm³/mol. The van der Waals surface area contributed by atoms with E-state index in [0.29, 0.717) is 6.42 Å². The summed E-state index contributed by atoms with van der Waals surface area (Å²) in [6, 6.07) is 7.93. The second-order valence-electron chi connectivity index (χ2n) is 4.05. The molecule has 1 aliphatic carbocycles. The Kier molecular flexibility index (Phi) is 1.07. The number of hydrogen-bond acceptors (Lipinski definition) is 2. The highest BCUT2D eigenvalue weighted by molar-refractivity contribution is 5.95. The summed E-state index contributed by atoms with van der Waals surface area (Å²) in [6.45, 7) is 2.10. The van der Waals surface area contributed by atoms with Crippen LogP contribution in [0.4, 0.5) is 0 Å². The van der Waals surface area contributed by atoms with Crippen molar-refractivity contribution in [3.05, 3.63) is 29.8 Å². The molecule has 0 spiro atoms. The number of carbonyl (C=O) groups excluding carboxylic acids is 1. The molecule has 1 aliphatic heterocycles. The maximum absolute atomic E-state index is 11.3. The van der Waals surface area contributed by atoms with E-state index in [1.165, 1.54) is 5.56 Å². The topological polar surface area (TPSA) is 26.3 Å². The molecular weight excluding hydrogens is 164 g/mol. The van der Waals surface area contributed by atoms with Gasteiger partial charge in [0, 0.05) is 17.4 Å². The van der Waals surface area contributed by atoms with Gasteiger partial charge < -0.3 is 4.74 Å². The summed E-state index contributed by atoms with van der Waals surface area (Å²) in [5.41, 5.74) is 1.16. The van der Waals surface area contributed by atoms with Gasteiger partial charge in [0.25, 0.3) is 0 Å². The van der Waals surface area contributed by atoms with Crippen LogP contribution in [-0.4, -0.2) is 11.9 Å². The second kappa shape index (κ2) is 1.95. The summed E-state index contributed by atoms with van der Waals surface area (Å²) < 4.78 is 5.57. The first-order valence-corrected chi connectivity index (χ1v) is 4.51. The highest BCUT2D eigenvalue weighted by atomic mass is 16.5. The van der Waals surface area contributed by atoms with Crippen molar-refractivity contribution in [1.82, 2.24) is 0 Å². The third kappa shape index (κ3) is 0.671. The van der Waals surface area contributed by atoms with Gasteiger partial charge in [-0.2, -0.15) is 0 Å². The van der Waals surface area contributed by atoms with Crippen LogP contribution in [0.15, 0.2) is 24.3 Å². The zero-order valence-corrected chi connectivity index (χ0v) is 7.41. The molecule has 0 saturated heterocycles. The fraction of sp³-hybridized carbons (Fsp3) is 0.364. The monoisotopic (exact) mass is 174 g/mol. The Morgan fingerprint density at radius 3 is 3.00 bits per heavy atom. The summed E-state index contributed by atoms with van der Waals surface area (Å²) >= 11 is 0. The summed E-state index contributed by atoms with van der Waals surface area (Å²) in [6.07, 6.45) is 0.430. The van der Waals surface area contributed by atoms with Crippen molar-refractivity contribution >= 4 is 5.78 Å². The first-order chi connectivity index (χ1) is 6.22. The number of fused-ring (bicyclic) bond motifs is 3. The SMILES string of the molecule is CC12CC(=O)C1Oc1ccccc12. The van der Waals surface area contributed by atoms with Gasteiger partial charge >= 0.3 is 0 Å². The third-order valence-electron chi connectivity index (χ3n) is 3.16. The van der Waals surface area contributed by atoms with Crippen molar-refractivity contribution < 1.29 is 9.53 Å². The largest absolute Gasteiger partial charge is 0.481 e. The number of ether oxygens (including phenoxy) is 1. The van der Waals surface area contributed by atoms with E-state index in [-0.39, 0.29) is 17.3 Å². The number of ketones is 1. The van der Waals surface area contributed by atoms with Gasteiger partial charge in [0.15, 0.2) is 11.9 Å². The highest BCUT2D eigenvalue weighted by Crippen LogP contribution is 2.51. The lowest BCUT2D eigenvalue weighted by Crippen LogP contribution is -2.53. The van der Waals surface area contributed by atoms with Crippen LogP contribution in [0, 0.1) is 0 Å². The predicted octanol–water partition coefficient (Wildman–Crippen LogP) is 1.68.